The van der Waals surface area contributed by atoms with Gasteiger partial charge in [-0.25, -0.2) is 0 Å². The van der Waals surface area contributed by atoms with Gasteiger partial charge in [-0.2, -0.15) is 5.26 Å². The first-order chi connectivity index (χ1) is 14.2. The van der Waals surface area contributed by atoms with Gasteiger partial charge in [-0.05, 0) is 31.3 Å². The molecule has 4 rings (SSSR count). The lowest BCUT2D eigenvalue weighted by Crippen LogP contribution is -2.45. The molecule has 1 saturated heterocycles. The molecule has 0 atom stereocenters. The second-order valence-corrected chi connectivity index (χ2v) is 7.23. The third-order valence-electron chi connectivity index (χ3n) is 5.23. The van der Waals surface area contributed by atoms with Gasteiger partial charge < -0.3 is 14.2 Å². The number of hydrogen-bond donors (Lipinski definition) is 0. The van der Waals surface area contributed by atoms with Crippen molar-refractivity contribution < 1.29 is 9.26 Å². The molecule has 1 aliphatic heterocycles. The summed E-state index contributed by atoms with van der Waals surface area (Å²) in [5, 5.41) is 14.7. The van der Waals surface area contributed by atoms with E-state index in [1.807, 2.05) is 54.6 Å². The van der Waals surface area contributed by atoms with E-state index in [1.54, 1.807) is 0 Å². The van der Waals surface area contributed by atoms with Crippen LogP contribution in [-0.2, 0) is 0 Å². The first-order valence-electron chi connectivity index (χ1n) is 9.84. The number of fused-ring (bicyclic) bond motifs is 1. The number of piperazine rings is 1. The van der Waals surface area contributed by atoms with Crippen LogP contribution in [0, 0.1) is 11.3 Å². The minimum Gasteiger partial charge on any atom is -0.492 e. The molecule has 8 heteroatoms. The van der Waals surface area contributed by atoms with Gasteiger partial charge in [0.15, 0.2) is 5.58 Å². The SMILES string of the molecule is CN1CCN(CCOc2ccccc2C=C(C#N)c2noc3ccccc23)CC1.Cl.Cl. The Hall–Kier alpha value is -2.56. The summed E-state index contributed by atoms with van der Waals surface area (Å²) in [6, 6.07) is 17.6. The van der Waals surface area contributed by atoms with Crippen molar-refractivity contribution in [2.24, 2.45) is 0 Å². The minimum absolute atomic E-state index is 0. The standard InChI is InChI=1S/C23H24N4O2.2ClH/c1-26-10-12-27(13-11-26)14-15-28-21-8-4-2-6-18(21)16-19(17-24)23-20-7-3-5-9-22(20)29-25-23;;/h2-9,16H,10-15H2,1H3;2*1H. The highest BCUT2D eigenvalue weighted by Gasteiger charge is 2.15. The maximum Gasteiger partial charge on any atom is 0.167 e. The lowest BCUT2D eigenvalue weighted by atomic mass is 10.1. The molecule has 1 aromatic heterocycles. The van der Waals surface area contributed by atoms with E-state index in [1.165, 1.54) is 0 Å². The van der Waals surface area contributed by atoms with E-state index in [0.29, 0.717) is 23.5 Å². The number of para-hydroxylation sites is 2. The highest BCUT2D eigenvalue weighted by atomic mass is 35.5. The van der Waals surface area contributed by atoms with Crippen molar-refractivity contribution in [3.05, 3.63) is 59.8 Å². The summed E-state index contributed by atoms with van der Waals surface area (Å²) in [5.41, 5.74) is 2.52. The monoisotopic (exact) mass is 460 g/mol. The van der Waals surface area contributed by atoms with Crippen LogP contribution in [0.15, 0.2) is 53.1 Å². The molecule has 1 fully saturated rings. The molecular weight excluding hydrogens is 435 g/mol. The van der Waals surface area contributed by atoms with E-state index < -0.39 is 0 Å². The number of benzene rings is 2. The Kier molecular flexibility index (Phi) is 9.35. The molecule has 3 aromatic rings. The number of allylic oxidation sites excluding steroid dienone is 1. The Morgan fingerprint density at radius 1 is 1.10 bits per heavy atom. The quantitative estimate of drug-likeness (QED) is 0.509. The summed E-state index contributed by atoms with van der Waals surface area (Å²) >= 11 is 0. The summed E-state index contributed by atoms with van der Waals surface area (Å²) in [6.07, 6.45) is 1.81. The third kappa shape index (κ3) is 5.99. The van der Waals surface area contributed by atoms with Gasteiger partial charge in [0.1, 0.15) is 24.1 Å². The molecule has 0 saturated carbocycles. The molecule has 31 heavy (non-hydrogen) atoms. The van der Waals surface area contributed by atoms with Gasteiger partial charge in [0.05, 0.1) is 11.0 Å². The number of hydrogen-bond acceptors (Lipinski definition) is 6. The molecular formula is C23H26Cl2N4O2. The molecule has 1 aliphatic rings. The normalized spacial score (nSPS) is 15.0. The van der Waals surface area contributed by atoms with Crippen molar-refractivity contribution in [1.29, 1.82) is 5.26 Å². The number of nitriles is 1. The molecule has 0 N–H and O–H groups in total. The van der Waals surface area contributed by atoms with Gasteiger partial charge in [0.2, 0.25) is 0 Å². The van der Waals surface area contributed by atoms with Crippen LogP contribution in [0.5, 0.6) is 5.75 Å². The van der Waals surface area contributed by atoms with Crippen molar-refractivity contribution in [2.75, 3.05) is 46.4 Å². The van der Waals surface area contributed by atoms with Crippen LogP contribution in [0.2, 0.25) is 0 Å². The van der Waals surface area contributed by atoms with Crippen molar-refractivity contribution in [1.82, 2.24) is 15.0 Å². The lowest BCUT2D eigenvalue weighted by molar-refractivity contribution is 0.133. The van der Waals surface area contributed by atoms with E-state index in [4.69, 9.17) is 9.26 Å². The van der Waals surface area contributed by atoms with E-state index in [2.05, 4.69) is 28.1 Å². The maximum atomic E-state index is 9.73. The summed E-state index contributed by atoms with van der Waals surface area (Å²) in [4.78, 5) is 4.76. The Bertz CT molecular complexity index is 1050. The van der Waals surface area contributed by atoms with Gasteiger partial charge in [0.25, 0.3) is 0 Å². The Balaban J connectivity index is 0.00000171. The Morgan fingerprint density at radius 3 is 2.58 bits per heavy atom. The van der Waals surface area contributed by atoms with Gasteiger partial charge in [-0.1, -0.05) is 35.5 Å². The van der Waals surface area contributed by atoms with Crippen molar-refractivity contribution in [2.45, 2.75) is 0 Å². The van der Waals surface area contributed by atoms with Crippen LogP contribution in [0.4, 0.5) is 0 Å². The fourth-order valence-electron chi connectivity index (χ4n) is 3.48. The van der Waals surface area contributed by atoms with Crippen LogP contribution in [0.1, 0.15) is 11.3 Å². The lowest BCUT2D eigenvalue weighted by Gasteiger charge is -2.32. The highest BCUT2D eigenvalue weighted by Crippen LogP contribution is 2.28. The number of ether oxygens (including phenoxy) is 1. The fraction of sp³-hybridized carbons (Fsp3) is 0.304. The van der Waals surface area contributed by atoms with Crippen molar-refractivity contribution in [3.8, 4) is 11.8 Å². The highest BCUT2D eigenvalue weighted by molar-refractivity contribution is 5.99. The predicted octanol–water partition coefficient (Wildman–Crippen LogP) is 4.36. The summed E-state index contributed by atoms with van der Waals surface area (Å²) in [7, 11) is 2.15. The smallest absolute Gasteiger partial charge is 0.167 e. The van der Waals surface area contributed by atoms with Gasteiger partial charge in [-0.15, -0.1) is 24.8 Å². The maximum absolute atomic E-state index is 9.73. The zero-order chi connectivity index (χ0) is 20.1. The molecule has 164 valence electrons. The van der Waals surface area contributed by atoms with Crippen LogP contribution in [0.3, 0.4) is 0 Å². The number of halogens is 2. The van der Waals surface area contributed by atoms with Crippen LogP contribution in [-0.4, -0.2) is 61.3 Å². The Morgan fingerprint density at radius 2 is 1.81 bits per heavy atom. The molecule has 6 nitrogen and oxygen atoms in total. The van der Waals surface area contributed by atoms with Gasteiger partial charge in [-0.3, -0.25) is 4.90 Å². The summed E-state index contributed by atoms with van der Waals surface area (Å²) in [5.74, 6) is 0.766. The molecule has 0 unspecified atom stereocenters. The molecule has 0 radical (unpaired) electrons. The summed E-state index contributed by atoms with van der Waals surface area (Å²) < 4.78 is 11.4. The fourth-order valence-corrected chi connectivity index (χ4v) is 3.48. The topological polar surface area (TPSA) is 65.5 Å². The largest absolute Gasteiger partial charge is 0.492 e. The number of nitrogens with zero attached hydrogens (tertiary/aromatic N) is 4. The molecule has 0 spiro atoms. The first kappa shape index (κ1) is 24.7. The number of likely N-dealkylation sites (N-methyl/N-ethyl adjacent to an activating group) is 1. The molecule has 0 aliphatic carbocycles. The zero-order valence-corrected chi connectivity index (χ0v) is 19.0. The van der Waals surface area contributed by atoms with E-state index in [-0.39, 0.29) is 24.8 Å². The van der Waals surface area contributed by atoms with Gasteiger partial charge in [0, 0.05) is 38.3 Å². The van der Waals surface area contributed by atoms with E-state index >= 15 is 0 Å². The van der Waals surface area contributed by atoms with E-state index in [9.17, 15) is 5.26 Å². The summed E-state index contributed by atoms with van der Waals surface area (Å²) in [6.45, 7) is 5.83. The first-order valence-corrected chi connectivity index (χ1v) is 9.84. The van der Waals surface area contributed by atoms with Crippen LogP contribution in [0.25, 0.3) is 22.6 Å². The van der Waals surface area contributed by atoms with Gasteiger partial charge >= 0.3 is 0 Å². The second-order valence-electron chi connectivity index (χ2n) is 7.23. The van der Waals surface area contributed by atoms with E-state index in [0.717, 1.165) is 49.4 Å². The minimum atomic E-state index is 0. The second kappa shape index (κ2) is 11.7. The molecule has 2 aromatic carbocycles. The Labute approximate surface area is 194 Å². The van der Waals surface area contributed by atoms with Crippen LogP contribution >= 0.6 is 24.8 Å². The van der Waals surface area contributed by atoms with Crippen LogP contribution < -0.4 is 4.74 Å². The number of rotatable bonds is 6. The molecule has 0 amide bonds. The van der Waals surface area contributed by atoms with Crippen molar-refractivity contribution in [3.63, 3.8) is 0 Å². The molecule has 2 heterocycles. The third-order valence-corrected chi connectivity index (χ3v) is 5.23. The average Bonchev–Trinajstić information content (AvgIpc) is 3.18. The predicted molar refractivity (Wildman–Crippen MR) is 128 cm³/mol. The number of aromatic nitrogens is 1. The molecule has 0 bridgehead atoms. The van der Waals surface area contributed by atoms with Crippen molar-refractivity contribution >= 4 is 47.4 Å². The zero-order valence-electron chi connectivity index (χ0n) is 17.4. The average molecular weight is 461 g/mol.